The van der Waals surface area contributed by atoms with Crippen molar-refractivity contribution in [2.24, 2.45) is 10.9 Å². The molecule has 1 aromatic rings. The van der Waals surface area contributed by atoms with Gasteiger partial charge in [-0.3, -0.25) is 4.99 Å². The number of aryl methyl sites for hydroxylation is 1. The predicted molar refractivity (Wildman–Crippen MR) is 82.0 cm³/mol. The lowest BCUT2D eigenvalue weighted by atomic mass is 10.3. The molecule has 104 valence electrons. The van der Waals surface area contributed by atoms with E-state index in [0.717, 1.165) is 23.1 Å². The van der Waals surface area contributed by atoms with Crippen molar-refractivity contribution in [2.75, 3.05) is 12.4 Å². The Bertz CT molecular complexity index is 330. The molecule has 4 heteroatoms. The topological polar surface area (TPSA) is 50.2 Å². The molecule has 0 saturated carbocycles. The van der Waals surface area contributed by atoms with Gasteiger partial charge in [-0.25, -0.2) is 9.97 Å². The van der Waals surface area contributed by atoms with Crippen LogP contribution in [-0.2, 0) is 0 Å². The second kappa shape index (κ2) is 12.0. The molecule has 18 heavy (non-hydrogen) atoms. The molecule has 0 amide bonds. The maximum atomic E-state index is 4.16. The summed E-state index contributed by atoms with van der Waals surface area (Å²) in [7, 11) is 1.82. The molecule has 0 radical (unpaired) electrons. The molecule has 0 aliphatic carbocycles. The molecule has 0 unspecified atom stereocenters. The summed E-state index contributed by atoms with van der Waals surface area (Å²) in [6.45, 7) is 14.3. The molecule has 0 bridgehead atoms. The van der Waals surface area contributed by atoms with Gasteiger partial charge in [-0.1, -0.05) is 34.6 Å². The minimum absolute atomic E-state index is 0.764. The van der Waals surface area contributed by atoms with Crippen LogP contribution in [0.5, 0.6) is 0 Å². The molecule has 1 heterocycles. The first-order valence-electron chi connectivity index (χ1n) is 6.50. The summed E-state index contributed by atoms with van der Waals surface area (Å²) >= 11 is 0. The Morgan fingerprint density at radius 3 is 2.11 bits per heavy atom. The number of hydrogen-bond donors (Lipinski definition) is 1. The summed E-state index contributed by atoms with van der Waals surface area (Å²) in [5, 5.41) is 2.96. The highest BCUT2D eigenvalue weighted by atomic mass is 15.0. The highest BCUT2D eigenvalue weighted by Gasteiger charge is 2.03. The van der Waals surface area contributed by atoms with E-state index >= 15 is 0 Å². The summed E-state index contributed by atoms with van der Waals surface area (Å²) in [6, 6.07) is 0. The summed E-state index contributed by atoms with van der Waals surface area (Å²) in [6.07, 6.45) is 3.25. The van der Waals surface area contributed by atoms with E-state index in [-0.39, 0.29) is 0 Å². The first-order chi connectivity index (χ1) is 8.52. The molecule has 0 aromatic carbocycles. The fraction of sp³-hybridized carbons (Fsp3) is 0.643. The quantitative estimate of drug-likeness (QED) is 0.801. The fourth-order valence-electron chi connectivity index (χ4n) is 0.933. The first kappa shape index (κ1) is 18.9. The molecule has 4 nitrogen and oxygen atoms in total. The van der Waals surface area contributed by atoms with E-state index in [4.69, 9.17) is 0 Å². The van der Waals surface area contributed by atoms with Crippen molar-refractivity contribution in [3.63, 3.8) is 0 Å². The van der Waals surface area contributed by atoms with Crippen molar-refractivity contribution < 1.29 is 0 Å². The molecular formula is C14H28N4. The highest BCUT2D eigenvalue weighted by Crippen LogP contribution is 2.23. The fourth-order valence-corrected chi connectivity index (χ4v) is 0.933. The Kier molecular flexibility index (Phi) is 12.6. The zero-order valence-electron chi connectivity index (χ0n) is 13.1. The van der Waals surface area contributed by atoms with Gasteiger partial charge in [0, 0.05) is 13.3 Å². The van der Waals surface area contributed by atoms with E-state index in [1.807, 2.05) is 34.7 Å². The lowest BCUT2D eigenvalue weighted by molar-refractivity contribution is 0.737. The number of anilines is 1. The Morgan fingerprint density at radius 1 is 1.22 bits per heavy atom. The van der Waals surface area contributed by atoms with Crippen molar-refractivity contribution in [3.8, 4) is 0 Å². The average Bonchev–Trinajstić information content (AvgIpc) is 2.34. The first-order valence-corrected chi connectivity index (χ1v) is 6.50. The van der Waals surface area contributed by atoms with Gasteiger partial charge >= 0.3 is 0 Å². The van der Waals surface area contributed by atoms with Crippen LogP contribution in [-0.4, -0.2) is 23.2 Å². The Labute approximate surface area is 112 Å². The molecule has 0 atom stereocenters. The van der Waals surface area contributed by atoms with Gasteiger partial charge in [-0.2, -0.15) is 0 Å². The summed E-state index contributed by atoms with van der Waals surface area (Å²) in [5.41, 5.74) is 1.69. The van der Waals surface area contributed by atoms with Gasteiger partial charge in [0.1, 0.15) is 12.0 Å². The highest BCUT2D eigenvalue weighted by molar-refractivity contribution is 5.69. The molecule has 1 aromatic heterocycles. The van der Waals surface area contributed by atoms with E-state index in [2.05, 4.69) is 41.0 Å². The van der Waals surface area contributed by atoms with Gasteiger partial charge in [0.2, 0.25) is 0 Å². The average molecular weight is 252 g/mol. The van der Waals surface area contributed by atoms with Crippen molar-refractivity contribution in [2.45, 2.75) is 48.5 Å². The van der Waals surface area contributed by atoms with E-state index in [1.54, 1.807) is 6.21 Å². The smallest absolute Gasteiger partial charge is 0.155 e. The van der Waals surface area contributed by atoms with E-state index < -0.39 is 0 Å². The lowest BCUT2D eigenvalue weighted by Gasteiger charge is -2.04. The van der Waals surface area contributed by atoms with Crippen molar-refractivity contribution in [3.05, 3.63) is 12.0 Å². The third-order valence-electron chi connectivity index (χ3n) is 1.50. The van der Waals surface area contributed by atoms with Crippen LogP contribution in [0.1, 0.15) is 47.2 Å². The predicted octanol–water partition coefficient (Wildman–Crippen LogP) is 4.24. The van der Waals surface area contributed by atoms with Crippen LogP contribution in [0.3, 0.4) is 0 Å². The lowest BCUT2D eigenvalue weighted by Crippen LogP contribution is -1.95. The summed E-state index contributed by atoms with van der Waals surface area (Å²) in [5.74, 6) is 1.60. The molecule has 1 rings (SSSR count). The van der Waals surface area contributed by atoms with Gasteiger partial charge in [-0.05, 0) is 19.8 Å². The number of rotatable bonds is 2. The summed E-state index contributed by atoms with van der Waals surface area (Å²) < 4.78 is 0. The standard InChI is InChI=1S/C8H12N4.C4H10.C2H6/c1-4-10-7-6(2)11-5-12-8(7)9-3;1-4(2)3;1-2/h4-5H,1-3H3,(H,9,11,12);4H,1-3H3;1-2H3. The minimum atomic E-state index is 0.764. The van der Waals surface area contributed by atoms with Gasteiger partial charge in [0.05, 0.1) is 5.69 Å². The second-order valence-electron chi connectivity index (χ2n) is 4.03. The zero-order valence-corrected chi connectivity index (χ0v) is 13.1. The molecular weight excluding hydrogens is 224 g/mol. The van der Waals surface area contributed by atoms with Crippen molar-refractivity contribution >= 4 is 17.7 Å². The second-order valence-corrected chi connectivity index (χ2v) is 4.03. The maximum Gasteiger partial charge on any atom is 0.155 e. The van der Waals surface area contributed by atoms with E-state index in [0.29, 0.717) is 0 Å². The largest absolute Gasteiger partial charge is 0.371 e. The number of nitrogens with zero attached hydrogens (tertiary/aromatic N) is 3. The Morgan fingerprint density at radius 2 is 1.72 bits per heavy atom. The van der Waals surface area contributed by atoms with E-state index in [9.17, 15) is 0 Å². The summed E-state index contributed by atoms with van der Waals surface area (Å²) in [4.78, 5) is 12.2. The van der Waals surface area contributed by atoms with Crippen LogP contribution in [0.4, 0.5) is 11.5 Å². The minimum Gasteiger partial charge on any atom is -0.371 e. The van der Waals surface area contributed by atoms with Gasteiger partial charge in [0.25, 0.3) is 0 Å². The van der Waals surface area contributed by atoms with Crippen LogP contribution >= 0.6 is 0 Å². The number of aromatic nitrogens is 2. The number of aliphatic imine (C=N–C) groups is 1. The maximum absolute atomic E-state index is 4.16. The molecule has 0 spiro atoms. The monoisotopic (exact) mass is 252 g/mol. The number of hydrogen-bond acceptors (Lipinski definition) is 4. The van der Waals surface area contributed by atoms with Crippen LogP contribution in [0, 0.1) is 12.8 Å². The Hall–Kier alpha value is -1.45. The number of nitrogens with one attached hydrogen (secondary N) is 1. The van der Waals surface area contributed by atoms with Crippen LogP contribution < -0.4 is 5.32 Å². The van der Waals surface area contributed by atoms with Crippen LogP contribution in [0.25, 0.3) is 0 Å². The van der Waals surface area contributed by atoms with Crippen molar-refractivity contribution in [1.29, 1.82) is 0 Å². The molecule has 0 aliphatic rings. The SMILES string of the molecule is CC.CC(C)C.CC=Nc1c(C)ncnc1NC. The third kappa shape index (κ3) is 8.67. The Balaban J connectivity index is 0. The van der Waals surface area contributed by atoms with Gasteiger partial charge in [0.15, 0.2) is 5.82 Å². The third-order valence-corrected chi connectivity index (χ3v) is 1.50. The molecule has 0 aliphatic heterocycles. The van der Waals surface area contributed by atoms with E-state index in [1.165, 1.54) is 6.33 Å². The zero-order chi connectivity index (χ0) is 14.6. The molecule has 0 saturated heterocycles. The van der Waals surface area contributed by atoms with Crippen LogP contribution in [0.2, 0.25) is 0 Å². The molecule has 0 fully saturated rings. The molecule has 1 N–H and O–H groups in total. The van der Waals surface area contributed by atoms with Crippen LogP contribution in [0.15, 0.2) is 11.3 Å². The van der Waals surface area contributed by atoms with Gasteiger partial charge in [-0.15, -0.1) is 0 Å². The van der Waals surface area contributed by atoms with Gasteiger partial charge < -0.3 is 5.32 Å². The van der Waals surface area contributed by atoms with Crippen molar-refractivity contribution in [1.82, 2.24) is 9.97 Å². The normalized spacial score (nSPS) is 9.39.